The second-order valence-electron chi connectivity index (χ2n) is 6.68. The maximum absolute atomic E-state index is 6.23. The van der Waals surface area contributed by atoms with Crippen LogP contribution >= 0.6 is 11.6 Å². The summed E-state index contributed by atoms with van der Waals surface area (Å²) in [6.07, 6.45) is 0.845. The molecular weight excluding hydrogens is 356 g/mol. The summed E-state index contributed by atoms with van der Waals surface area (Å²) in [6.45, 7) is 2.02. The molecule has 3 aromatic carbocycles. The third-order valence-electron chi connectivity index (χ3n) is 4.92. The van der Waals surface area contributed by atoms with E-state index in [9.17, 15) is 0 Å². The molecule has 0 amide bonds. The minimum atomic E-state index is 0.131. The Morgan fingerprint density at radius 1 is 1.00 bits per heavy atom. The highest BCUT2D eigenvalue weighted by Crippen LogP contribution is 2.38. The van der Waals surface area contributed by atoms with Crippen molar-refractivity contribution in [1.29, 1.82) is 0 Å². The van der Waals surface area contributed by atoms with Gasteiger partial charge in [-0.15, -0.1) is 0 Å². The van der Waals surface area contributed by atoms with Crippen LogP contribution in [0, 0.1) is 6.92 Å². The second-order valence-corrected chi connectivity index (χ2v) is 7.09. The summed E-state index contributed by atoms with van der Waals surface area (Å²) in [5.74, 6) is 0.856. The zero-order valence-corrected chi connectivity index (χ0v) is 16.1. The molecule has 3 nitrogen and oxygen atoms in total. The lowest BCUT2D eigenvalue weighted by molar-refractivity contribution is 0.414. The van der Waals surface area contributed by atoms with Crippen LogP contribution in [0.2, 0.25) is 5.02 Å². The molecule has 3 aromatic rings. The quantitative estimate of drug-likeness (QED) is 0.556. The molecule has 0 radical (unpaired) electrons. The molecule has 1 atom stereocenters. The Labute approximate surface area is 164 Å². The molecule has 0 aromatic heterocycles. The van der Waals surface area contributed by atoms with Crippen LogP contribution in [0.15, 0.2) is 77.9 Å². The number of ether oxygens (including phenoxy) is 1. The van der Waals surface area contributed by atoms with Gasteiger partial charge in [0.1, 0.15) is 5.75 Å². The predicted octanol–water partition coefficient (Wildman–Crippen LogP) is 6.01. The Morgan fingerprint density at radius 2 is 1.74 bits per heavy atom. The first-order valence-electron chi connectivity index (χ1n) is 8.98. The third kappa shape index (κ3) is 3.56. The van der Waals surface area contributed by atoms with E-state index in [2.05, 4.69) is 47.5 Å². The smallest absolute Gasteiger partial charge is 0.118 e. The molecule has 0 aliphatic carbocycles. The molecule has 4 heteroatoms. The van der Waals surface area contributed by atoms with Crippen LogP contribution in [-0.4, -0.2) is 12.8 Å². The number of anilines is 1. The first-order chi connectivity index (χ1) is 13.2. The van der Waals surface area contributed by atoms with Gasteiger partial charge in [0, 0.05) is 11.4 Å². The Kier molecular flexibility index (Phi) is 4.87. The number of halogens is 1. The molecule has 0 spiro atoms. The van der Waals surface area contributed by atoms with E-state index in [4.69, 9.17) is 21.4 Å². The van der Waals surface area contributed by atoms with Crippen molar-refractivity contribution in [1.82, 2.24) is 0 Å². The van der Waals surface area contributed by atoms with Gasteiger partial charge in [-0.05, 0) is 53.9 Å². The van der Waals surface area contributed by atoms with Crippen molar-refractivity contribution in [3.63, 3.8) is 0 Å². The topological polar surface area (TPSA) is 24.8 Å². The fourth-order valence-corrected chi connectivity index (χ4v) is 3.53. The molecule has 1 unspecified atom stereocenters. The van der Waals surface area contributed by atoms with Gasteiger partial charge in [-0.3, -0.25) is 5.01 Å². The van der Waals surface area contributed by atoms with E-state index in [1.807, 2.05) is 37.3 Å². The highest BCUT2D eigenvalue weighted by molar-refractivity contribution is 6.31. The Hall–Kier alpha value is -2.78. The minimum Gasteiger partial charge on any atom is -0.497 e. The van der Waals surface area contributed by atoms with Crippen molar-refractivity contribution in [2.45, 2.75) is 19.4 Å². The molecule has 1 aliphatic heterocycles. The second kappa shape index (κ2) is 7.45. The average molecular weight is 377 g/mol. The summed E-state index contributed by atoms with van der Waals surface area (Å²) in [4.78, 5) is 0. The number of hydrogen-bond donors (Lipinski definition) is 0. The van der Waals surface area contributed by atoms with Crippen molar-refractivity contribution in [3.8, 4) is 5.75 Å². The summed E-state index contributed by atoms with van der Waals surface area (Å²) in [7, 11) is 1.68. The van der Waals surface area contributed by atoms with Gasteiger partial charge in [0.2, 0.25) is 0 Å². The zero-order valence-electron chi connectivity index (χ0n) is 15.4. The number of rotatable bonds is 4. The summed E-state index contributed by atoms with van der Waals surface area (Å²) < 4.78 is 5.31. The summed E-state index contributed by atoms with van der Waals surface area (Å²) in [6, 6.07) is 24.8. The highest BCUT2D eigenvalue weighted by Gasteiger charge is 2.30. The normalized spacial score (nSPS) is 16.3. The van der Waals surface area contributed by atoms with E-state index in [0.717, 1.165) is 39.7 Å². The van der Waals surface area contributed by atoms with Gasteiger partial charge in [-0.2, -0.15) is 5.10 Å². The van der Waals surface area contributed by atoms with E-state index in [1.165, 1.54) is 5.56 Å². The lowest BCUT2D eigenvalue weighted by Gasteiger charge is -2.24. The van der Waals surface area contributed by atoms with E-state index < -0.39 is 0 Å². The number of methoxy groups -OCH3 is 1. The molecule has 4 rings (SSSR count). The standard InChI is InChI=1S/C23H21ClN2O/c1-16-14-19(10-13-21(16)24)26-23(18-8-11-20(27-2)12-9-18)15-22(25-26)17-6-4-3-5-7-17/h3-14,23H,15H2,1-2H3. The van der Waals surface area contributed by atoms with Crippen LogP contribution in [0.25, 0.3) is 0 Å². The van der Waals surface area contributed by atoms with Gasteiger partial charge < -0.3 is 4.74 Å². The summed E-state index contributed by atoms with van der Waals surface area (Å²) >= 11 is 6.23. The third-order valence-corrected chi connectivity index (χ3v) is 5.35. The van der Waals surface area contributed by atoms with Crippen LogP contribution in [0.3, 0.4) is 0 Å². The number of benzene rings is 3. The van der Waals surface area contributed by atoms with E-state index >= 15 is 0 Å². The molecule has 136 valence electrons. The molecule has 0 saturated carbocycles. The van der Waals surface area contributed by atoms with Crippen LogP contribution < -0.4 is 9.75 Å². The zero-order chi connectivity index (χ0) is 18.8. The van der Waals surface area contributed by atoms with Gasteiger partial charge in [-0.1, -0.05) is 54.1 Å². The lowest BCUT2D eigenvalue weighted by atomic mass is 9.98. The van der Waals surface area contributed by atoms with Crippen molar-refractivity contribution in [2.75, 3.05) is 12.1 Å². The van der Waals surface area contributed by atoms with Crippen molar-refractivity contribution in [2.24, 2.45) is 5.10 Å². The van der Waals surface area contributed by atoms with Crippen LogP contribution in [0.4, 0.5) is 5.69 Å². The molecule has 1 heterocycles. The first-order valence-corrected chi connectivity index (χ1v) is 9.36. The van der Waals surface area contributed by atoms with Gasteiger partial charge in [0.15, 0.2) is 0 Å². The monoisotopic (exact) mass is 376 g/mol. The number of aryl methyl sites for hydroxylation is 1. The lowest BCUT2D eigenvalue weighted by Crippen LogP contribution is -2.18. The van der Waals surface area contributed by atoms with Gasteiger partial charge in [0.25, 0.3) is 0 Å². The molecule has 0 saturated heterocycles. The fraction of sp³-hybridized carbons (Fsp3) is 0.174. The number of nitrogens with zero attached hydrogens (tertiary/aromatic N) is 2. The fourth-order valence-electron chi connectivity index (χ4n) is 3.41. The highest BCUT2D eigenvalue weighted by atomic mass is 35.5. The number of hydrogen-bond acceptors (Lipinski definition) is 3. The predicted molar refractivity (Wildman–Crippen MR) is 112 cm³/mol. The van der Waals surface area contributed by atoms with Crippen LogP contribution in [-0.2, 0) is 0 Å². The molecule has 1 aliphatic rings. The SMILES string of the molecule is COc1ccc(C2CC(c3ccccc3)=NN2c2ccc(Cl)c(C)c2)cc1. The molecule has 0 bridgehead atoms. The summed E-state index contributed by atoms with van der Waals surface area (Å²) in [5.41, 5.74) is 5.54. The van der Waals surface area contributed by atoms with E-state index in [-0.39, 0.29) is 6.04 Å². The maximum atomic E-state index is 6.23. The summed E-state index contributed by atoms with van der Waals surface area (Å²) in [5, 5.41) is 7.85. The average Bonchev–Trinajstić information content (AvgIpc) is 3.16. The van der Waals surface area contributed by atoms with Gasteiger partial charge in [0.05, 0.1) is 24.6 Å². The van der Waals surface area contributed by atoms with Gasteiger partial charge >= 0.3 is 0 Å². The largest absolute Gasteiger partial charge is 0.497 e. The van der Waals surface area contributed by atoms with Crippen molar-refractivity contribution in [3.05, 3.63) is 94.5 Å². The van der Waals surface area contributed by atoms with Crippen molar-refractivity contribution < 1.29 is 4.74 Å². The Bertz CT molecular complexity index is 967. The molecule has 27 heavy (non-hydrogen) atoms. The van der Waals surface area contributed by atoms with Crippen LogP contribution in [0.5, 0.6) is 5.75 Å². The van der Waals surface area contributed by atoms with E-state index in [0.29, 0.717) is 0 Å². The van der Waals surface area contributed by atoms with Crippen molar-refractivity contribution >= 4 is 23.0 Å². The van der Waals surface area contributed by atoms with Crippen LogP contribution in [0.1, 0.15) is 29.2 Å². The van der Waals surface area contributed by atoms with E-state index in [1.54, 1.807) is 7.11 Å². The molecule has 0 fully saturated rings. The maximum Gasteiger partial charge on any atom is 0.118 e. The first kappa shape index (κ1) is 17.6. The molecule has 0 N–H and O–H groups in total. The Morgan fingerprint density at radius 3 is 2.41 bits per heavy atom. The minimum absolute atomic E-state index is 0.131. The Balaban J connectivity index is 1.75. The molecular formula is C23H21ClN2O. The number of hydrazone groups is 1. The van der Waals surface area contributed by atoms with Gasteiger partial charge in [-0.25, -0.2) is 0 Å².